The lowest BCUT2D eigenvalue weighted by Crippen LogP contribution is -2.40. The second-order valence-electron chi connectivity index (χ2n) is 7.06. The third kappa shape index (κ3) is 4.41. The summed E-state index contributed by atoms with van der Waals surface area (Å²) in [6.07, 6.45) is 2.07. The summed E-state index contributed by atoms with van der Waals surface area (Å²) in [5.74, 6) is -0.927. The first-order valence-electron chi connectivity index (χ1n) is 9.35. The number of amides is 2. The van der Waals surface area contributed by atoms with E-state index in [1.54, 1.807) is 24.3 Å². The van der Waals surface area contributed by atoms with Crippen LogP contribution in [0.15, 0.2) is 54.7 Å². The van der Waals surface area contributed by atoms with Crippen molar-refractivity contribution >= 4 is 28.4 Å². The highest BCUT2D eigenvalue weighted by molar-refractivity contribution is 6.39. The molecule has 0 radical (unpaired) electrons. The molecule has 0 bridgehead atoms. The van der Waals surface area contributed by atoms with E-state index < -0.39 is 11.8 Å². The van der Waals surface area contributed by atoms with Crippen LogP contribution in [-0.4, -0.2) is 49.0 Å². The highest BCUT2D eigenvalue weighted by Gasteiger charge is 2.22. The highest BCUT2D eigenvalue weighted by atomic mass is 16.5. The molecule has 3 aromatic rings. The van der Waals surface area contributed by atoms with Crippen molar-refractivity contribution in [1.82, 2.24) is 14.8 Å². The molecule has 152 valence electrons. The molecule has 0 saturated carbocycles. The molecule has 1 atom stereocenters. The Morgan fingerprint density at radius 2 is 1.76 bits per heavy atom. The first-order valence-corrected chi connectivity index (χ1v) is 9.35. The monoisotopic (exact) mass is 394 g/mol. The van der Waals surface area contributed by atoms with Crippen molar-refractivity contribution in [2.75, 3.05) is 33.1 Å². The van der Waals surface area contributed by atoms with Crippen LogP contribution in [0, 0.1) is 0 Å². The van der Waals surface area contributed by atoms with Crippen molar-refractivity contribution in [2.45, 2.75) is 6.04 Å². The van der Waals surface area contributed by atoms with E-state index in [9.17, 15) is 9.59 Å². The van der Waals surface area contributed by atoms with Crippen molar-refractivity contribution in [3.05, 3.63) is 60.3 Å². The van der Waals surface area contributed by atoms with Crippen LogP contribution in [0.3, 0.4) is 0 Å². The molecule has 0 aliphatic carbocycles. The molecule has 3 rings (SSSR count). The van der Waals surface area contributed by atoms with Gasteiger partial charge in [-0.2, -0.15) is 0 Å². The standard InChI is InChI=1S/C22H26N4O3/c1-25(2)19(16-14-26(3)18-11-7-5-9-15(16)18)13-23-21(27)22(28)24-17-10-6-8-12-20(17)29-4/h5-12,14,19H,13H2,1-4H3,(H,23,27)(H,24,28)/t19-/m1/s1. The zero-order chi connectivity index (χ0) is 21.0. The molecule has 7 heteroatoms. The Kier molecular flexibility index (Phi) is 6.19. The van der Waals surface area contributed by atoms with Gasteiger partial charge in [0, 0.05) is 30.7 Å². The van der Waals surface area contributed by atoms with Gasteiger partial charge in [0.1, 0.15) is 5.75 Å². The van der Waals surface area contributed by atoms with Gasteiger partial charge >= 0.3 is 11.8 Å². The van der Waals surface area contributed by atoms with Gasteiger partial charge in [-0.1, -0.05) is 30.3 Å². The van der Waals surface area contributed by atoms with Crippen LogP contribution in [0.25, 0.3) is 10.9 Å². The minimum absolute atomic E-state index is 0.0795. The maximum absolute atomic E-state index is 12.4. The summed E-state index contributed by atoms with van der Waals surface area (Å²) < 4.78 is 7.27. The van der Waals surface area contributed by atoms with Crippen molar-refractivity contribution in [3.8, 4) is 5.75 Å². The van der Waals surface area contributed by atoms with Crippen LogP contribution in [0.4, 0.5) is 5.69 Å². The largest absolute Gasteiger partial charge is 0.495 e. The number of methoxy groups -OCH3 is 1. The third-order valence-corrected chi connectivity index (χ3v) is 4.93. The number of carbonyl (C=O) groups is 2. The van der Waals surface area contributed by atoms with E-state index in [4.69, 9.17) is 4.74 Å². The SMILES string of the molecule is COc1ccccc1NC(=O)C(=O)NC[C@H](c1cn(C)c2ccccc12)N(C)C. The highest BCUT2D eigenvalue weighted by Crippen LogP contribution is 2.28. The minimum Gasteiger partial charge on any atom is -0.495 e. The average molecular weight is 394 g/mol. The minimum atomic E-state index is -0.732. The Bertz CT molecular complexity index is 1030. The first kappa shape index (κ1) is 20.4. The molecule has 0 aliphatic rings. The van der Waals surface area contributed by atoms with E-state index in [1.807, 2.05) is 38.2 Å². The molecule has 0 unspecified atom stereocenters. The zero-order valence-corrected chi connectivity index (χ0v) is 17.1. The van der Waals surface area contributed by atoms with Gasteiger partial charge in [-0.15, -0.1) is 0 Å². The number of nitrogens with one attached hydrogen (secondary N) is 2. The Morgan fingerprint density at radius 1 is 1.07 bits per heavy atom. The maximum Gasteiger partial charge on any atom is 0.313 e. The molecule has 2 amide bonds. The molecule has 7 nitrogen and oxygen atoms in total. The van der Waals surface area contributed by atoms with Gasteiger partial charge in [0.15, 0.2) is 0 Å². The fourth-order valence-electron chi connectivity index (χ4n) is 3.41. The predicted molar refractivity (Wildman–Crippen MR) is 114 cm³/mol. The number of hydrogen-bond acceptors (Lipinski definition) is 4. The Hall–Kier alpha value is -3.32. The molecule has 0 spiro atoms. The number of fused-ring (bicyclic) bond motifs is 1. The summed E-state index contributed by atoms with van der Waals surface area (Å²) in [5, 5.41) is 6.47. The van der Waals surface area contributed by atoms with Crippen LogP contribution < -0.4 is 15.4 Å². The summed E-state index contributed by atoms with van der Waals surface area (Å²) in [6, 6.07) is 15.0. The first-order chi connectivity index (χ1) is 13.9. The number of carbonyl (C=O) groups excluding carboxylic acids is 2. The summed E-state index contributed by atoms with van der Waals surface area (Å²) in [4.78, 5) is 26.7. The van der Waals surface area contributed by atoms with Gasteiger partial charge in [-0.3, -0.25) is 9.59 Å². The van der Waals surface area contributed by atoms with Crippen LogP contribution in [0.2, 0.25) is 0 Å². The Balaban J connectivity index is 1.72. The van der Waals surface area contributed by atoms with Gasteiger partial charge in [-0.05, 0) is 37.9 Å². The van der Waals surface area contributed by atoms with Crippen LogP contribution >= 0.6 is 0 Å². The molecular formula is C22H26N4O3. The number of aryl methyl sites for hydroxylation is 1. The molecule has 1 aromatic heterocycles. The number of nitrogens with zero attached hydrogens (tertiary/aromatic N) is 2. The average Bonchev–Trinajstić information content (AvgIpc) is 3.05. The number of para-hydroxylation sites is 3. The maximum atomic E-state index is 12.4. The van der Waals surface area contributed by atoms with Gasteiger partial charge < -0.3 is 24.8 Å². The normalized spacial score (nSPS) is 12.0. The van der Waals surface area contributed by atoms with Gasteiger partial charge in [0.25, 0.3) is 0 Å². The van der Waals surface area contributed by atoms with E-state index in [0.717, 1.165) is 16.5 Å². The van der Waals surface area contributed by atoms with E-state index in [2.05, 4.69) is 33.5 Å². The van der Waals surface area contributed by atoms with Crippen molar-refractivity contribution in [1.29, 1.82) is 0 Å². The van der Waals surface area contributed by atoms with Crippen LogP contribution in [-0.2, 0) is 16.6 Å². The van der Waals surface area contributed by atoms with Crippen molar-refractivity contribution in [3.63, 3.8) is 0 Å². The van der Waals surface area contributed by atoms with Gasteiger partial charge in [0.2, 0.25) is 0 Å². The van der Waals surface area contributed by atoms with Gasteiger partial charge in [-0.25, -0.2) is 0 Å². The molecule has 29 heavy (non-hydrogen) atoms. The summed E-state index contributed by atoms with van der Waals surface area (Å²) >= 11 is 0. The van der Waals surface area contributed by atoms with Gasteiger partial charge in [0.05, 0.1) is 18.8 Å². The van der Waals surface area contributed by atoms with Crippen LogP contribution in [0.1, 0.15) is 11.6 Å². The lowest BCUT2D eigenvalue weighted by molar-refractivity contribution is -0.136. The Labute approximate surface area is 170 Å². The van der Waals surface area contributed by atoms with Crippen molar-refractivity contribution in [2.24, 2.45) is 7.05 Å². The van der Waals surface area contributed by atoms with E-state index in [0.29, 0.717) is 18.0 Å². The Morgan fingerprint density at radius 3 is 2.48 bits per heavy atom. The number of hydrogen-bond donors (Lipinski definition) is 2. The smallest absolute Gasteiger partial charge is 0.313 e. The number of aromatic nitrogens is 1. The second-order valence-corrected chi connectivity index (χ2v) is 7.06. The number of ether oxygens (including phenoxy) is 1. The van der Waals surface area contributed by atoms with E-state index in [1.165, 1.54) is 7.11 Å². The number of likely N-dealkylation sites (N-methyl/N-ethyl adjacent to an activating group) is 1. The second kappa shape index (κ2) is 8.79. The predicted octanol–water partition coefficient (Wildman–Crippen LogP) is 2.54. The molecule has 2 N–H and O–H groups in total. The van der Waals surface area contributed by atoms with Crippen molar-refractivity contribution < 1.29 is 14.3 Å². The number of anilines is 1. The molecule has 0 saturated heterocycles. The number of benzene rings is 2. The fraction of sp³-hybridized carbons (Fsp3) is 0.273. The van der Waals surface area contributed by atoms with E-state index >= 15 is 0 Å². The van der Waals surface area contributed by atoms with E-state index in [-0.39, 0.29) is 6.04 Å². The lowest BCUT2D eigenvalue weighted by atomic mass is 10.0. The fourth-order valence-corrected chi connectivity index (χ4v) is 3.41. The molecule has 1 heterocycles. The zero-order valence-electron chi connectivity index (χ0n) is 17.1. The summed E-state index contributed by atoms with van der Waals surface area (Å²) in [5.41, 5.74) is 2.67. The van der Waals surface area contributed by atoms with Crippen LogP contribution in [0.5, 0.6) is 5.75 Å². The molecule has 0 aliphatic heterocycles. The summed E-state index contributed by atoms with van der Waals surface area (Å²) in [7, 11) is 7.41. The topological polar surface area (TPSA) is 75.6 Å². The third-order valence-electron chi connectivity index (χ3n) is 4.93. The quantitative estimate of drug-likeness (QED) is 0.630. The lowest BCUT2D eigenvalue weighted by Gasteiger charge is -2.24. The molecule has 2 aromatic carbocycles. The summed E-state index contributed by atoms with van der Waals surface area (Å²) in [6.45, 7) is 0.305. The molecular weight excluding hydrogens is 368 g/mol. The molecule has 0 fully saturated rings. The number of rotatable bonds is 6.